The fraction of sp³-hybridized carbons (Fsp3) is 0.324. The number of halogens is 2. The molecular weight excluding hydrogens is 613 g/mol. The minimum absolute atomic E-state index is 0.0843. The van der Waals surface area contributed by atoms with E-state index in [0.29, 0.717) is 58.7 Å². The Labute approximate surface area is 270 Å². The molecule has 0 bridgehead atoms. The van der Waals surface area contributed by atoms with Gasteiger partial charge in [-0.05, 0) is 62.1 Å². The summed E-state index contributed by atoms with van der Waals surface area (Å²) in [4.78, 5) is 44.6. The zero-order valence-electron chi connectivity index (χ0n) is 25.9. The number of amides is 1. The Morgan fingerprint density at radius 1 is 1.15 bits per heavy atom. The molecule has 6 rings (SSSR count). The lowest BCUT2D eigenvalue weighted by atomic mass is 9.94. The van der Waals surface area contributed by atoms with Crippen LogP contribution in [0.25, 0.3) is 22.4 Å². The molecule has 0 saturated carbocycles. The number of carbonyl (C=O) groups excluding carboxylic acids is 2. The number of anilines is 1. The highest BCUT2D eigenvalue weighted by molar-refractivity contribution is 6.36. The van der Waals surface area contributed by atoms with Gasteiger partial charge < -0.3 is 14.8 Å². The van der Waals surface area contributed by atoms with Gasteiger partial charge >= 0.3 is 5.97 Å². The number of aromatic nitrogens is 3. The average molecular weight is 646 g/mol. The Morgan fingerprint density at radius 3 is 2.65 bits per heavy atom. The van der Waals surface area contributed by atoms with Gasteiger partial charge in [0.1, 0.15) is 11.4 Å². The van der Waals surface area contributed by atoms with Crippen molar-refractivity contribution < 1.29 is 23.5 Å². The SMILES string of the molecule is CCOC(=O)C1CN(C2CCc3cc(-c4cccc(-c5c(F)ccc(NC(=O)c6ccnn(C)c6=O)c5C)c4Cl)nc(OC)c32)C1. The van der Waals surface area contributed by atoms with Crippen LogP contribution < -0.4 is 15.6 Å². The highest BCUT2D eigenvalue weighted by atomic mass is 35.5. The second-order valence-corrected chi connectivity index (χ2v) is 11.8. The summed E-state index contributed by atoms with van der Waals surface area (Å²) in [5.41, 5.74) is 4.06. The van der Waals surface area contributed by atoms with E-state index in [0.717, 1.165) is 28.7 Å². The standard InChI is InChI=1S/C34H33ClFN5O5/c1-5-46-34(44)20-16-41(17-20)27-12-9-19-15-26(39-32(45-4)29(19)27)21-7-6-8-22(30(21)35)28-18(2)25(11-10-24(28)36)38-31(42)23-13-14-37-40(3)33(23)43/h6-8,10-11,13-15,20,27H,5,9,12,16-17H2,1-4H3,(H,38,42). The van der Waals surface area contributed by atoms with Gasteiger partial charge in [-0.15, -0.1) is 0 Å². The summed E-state index contributed by atoms with van der Waals surface area (Å²) < 4.78 is 27.5. The van der Waals surface area contributed by atoms with Crippen LogP contribution in [-0.2, 0) is 23.0 Å². The normalized spacial score (nSPS) is 16.1. The third-order valence-corrected chi connectivity index (χ3v) is 9.16. The van der Waals surface area contributed by atoms with E-state index in [1.807, 2.05) is 19.1 Å². The van der Waals surface area contributed by atoms with Crippen molar-refractivity contribution in [1.29, 1.82) is 0 Å². The van der Waals surface area contributed by atoms with Crippen LogP contribution in [0.4, 0.5) is 10.1 Å². The molecule has 0 radical (unpaired) electrons. The summed E-state index contributed by atoms with van der Waals surface area (Å²) in [6, 6.07) is 11.4. The van der Waals surface area contributed by atoms with Crippen molar-refractivity contribution in [2.75, 3.05) is 32.1 Å². The Kier molecular flexibility index (Phi) is 8.63. The van der Waals surface area contributed by atoms with Crippen LogP contribution >= 0.6 is 11.6 Å². The van der Waals surface area contributed by atoms with Gasteiger partial charge in [0, 0.05) is 60.3 Å². The van der Waals surface area contributed by atoms with Crippen molar-refractivity contribution in [3.05, 3.63) is 92.1 Å². The summed E-state index contributed by atoms with van der Waals surface area (Å²) in [7, 11) is 3.03. The summed E-state index contributed by atoms with van der Waals surface area (Å²) in [6.45, 7) is 5.12. The van der Waals surface area contributed by atoms with E-state index in [1.54, 1.807) is 26.2 Å². The van der Waals surface area contributed by atoms with Gasteiger partial charge in [-0.2, -0.15) is 5.10 Å². The first kappa shape index (κ1) is 31.4. The minimum atomic E-state index is -0.633. The van der Waals surface area contributed by atoms with Crippen molar-refractivity contribution in [2.45, 2.75) is 32.7 Å². The van der Waals surface area contributed by atoms with Crippen LogP contribution in [0.3, 0.4) is 0 Å². The minimum Gasteiger partial charge on any atom is -0.481 e. The van der Waals surface area contributed by atoms with Gasteiger partial charge in [-0.1, -0.05) is 29.8 Å². The van der Waals surface area contributed by atoms with Crippen LogP contribution in [0, 0.1) is 18.7 Å². The second-order valence-electron chi connectivity index (χ2n) is 11.4. The third-order valence-electron chi connectivity index (χ3n) is 8.75. The number of nitrogens with one attached hydrogen (secondary N) is 1. The summed E-state index contributed by atoms with van der Waals surface area (Å²) in [5.74, 6) is -0.947. The number of ether oxygens (including phenoxy) is 2. The maximum absolute atomic E-state index is 15.5. The van der Waals surface area contributed by atoms with E-state index in [-0.39, 0.29) is 29.1 Å². The fourth-order valence-corrected chi connectivity index (χ4v) is 6.67. The topological polar surface area (TPSA) is 116 Å². The molecule has 1 N–H and O–H groups in total. The molecule has 1 aliphatic carbocycles. The second kappa shape index (κ2) is 12.6. The van der Waals surface area contributed by atoms with Gasteiger partial charge in [-0.25, -0.2) is 14.1 Å². The molecule has 1 fully saturated rings. The Bertz CT molecular complexity index is 1920. The van der Waals surface area contributed by atoms with Gasteiger partial charge in [0.25, 0.3) is 11.5 Å². The molecular formula is C34H33ClFN5O5. The van der Waals surface area contributed by atoms with E-state index >= 15 is 4.39 Å². The molecule has 0 spiro atoms. The third kappa shape index (κ3) is 5.54. The van der Waals surface area contributed by atoms with Crippen molar-refractivity contribution in [3.63, 3.8) is 0 Å². The lowest BCUT2D eigenvalue weighted by Gasteiger charge is -2.42. The van der Waals surface area contributed by atoms with Crippen molar-refractivity contribution in [3.8, 4) is 28.3 Å². The number of hydrogen-bond acceptors (Lipinski definition) is 8. The summed E-state index contributed by atoms with van der Waals surface area (Å²) >= 11 is 7.00. The highest BCUT2D eigenvalue weighted by Gasteiger charge is 2.42. The molecule has 1 atom stereocenters. The van der Waals surface area contributed by atoms with E-state index in [1.165, 1.54) is 31.4 Å². The predicted octanol–water partition coefficient (Wildman–Crippen LogP) is 5.35. The molecule has 4 aromatic rings. The van der Waals surface area contributed by atoms with Crippen molar-refractivity contribution in [1.82, 2.24) is 19.7 Å². The largest absolute Gasteiger partial charge is 0.481 e. The first-order valence-electron chi connectivity index (χ1n) is 15.0. The van der Waals surface area contributed by atoms with Gasteiger partial charge in [-0.3, -0.25) is 19.3 Å². The quantitative estimate of drug-likeness (QED) is 0.255. The molecule has 1 saturated heterocycles. The lowest BCUT2D eigenvalue weighted by molar-refractivity contribution is -0.155. The smallest absolute Gasteiger partial charge is 0.311 e. The maximum Gasteiger partial charge on any atom is 0.311 e. The lowest BCUT2D eigenvalue weighted by Crippen LogP contribution is -2.51. The number of likely N-dealkylation sites (tertiary alicyclic amines) is 1. The molecule has 2 aromatic carbocycles. The Hall–Kier alpha value is -4.61. The predicted molar refractivity (Wildman–Crippen MR) is 172 cm³/mol. The van der Waals surface area contributed by atoms with Crippen LogP contribution in [0.2, 0.25) is 5.02 Å². The van der Waals surface area contributed by atoms with E-state index < -0.39 is 17.3 Å². The van der Waals surface area contributed by atoms with Crippen LogP contribution in [0.15, 0.2) is 53.5 Å². The van der Waals surface area contributed by atoms with Crippen molar-refractivity contribution >= 4 is 29.2 Å². The van der Waals surface area contributed by atoms with E-state index in [9.17, 15) is 14.4 Å². The van der Waals surface area contributed by atoms with Crippen LogP contribution in [0.1, 0.15) is 46.4 Å². The monoisotopic (exact) mass is 645 g/mol. The Morgan fingerprint density at radius 2 is 1.91 bits per heavy atom. The maximum atomic E-state index is 15.5. The number of carbonyl (C=O) groups is 2. The van der Waals surface area contributed by atoms with Gasteiger partial charge in [0.05, 0.1) is 30.4 Å². The number of pyridine rings is 1. The zero-order valence-corrected chi connectivity index (χ0v) is 26.7. The van der Waals surface area contributed by atoms with E-state index in [4.69, 9.17) is 26.1 Å². The van der Waals surface area contributed by atoms with Crippen LogP contribution in [-0.4, -0.2) is 58.3 Å². The van der Waals surface area contributed by atoms with Gasteiger partial charge in [0.15, 0.2) is 0 Å². The van der Waals surface area contributed by atoms with E-state index in [2.05, 4.69) is 15.3 Å². The molecule has 3 heterocycles. The molecule has 238 valence electrons. The molecule has 1 amide bonds. The van der Waals surface area contributed by atoms with Crippen LogP contribution in [0.5, 0.6) is 5.88 Å². The van der Waals surface area contributed by atoms with Gasteiger partial charge in [0.2, 0.25) is 5.88 Å². The number of hydrogen-bond donors (Lipinski definition) is 1. The summed E-state index contributed by atoms with van der Waals surface area (Å²) in [5, 5.41) is 6.87. The molecule has 2 aliphatic rings. The molecule has 1 aliphatic heterocycles. The molecule has 2 aromatic heterocycles. The number of esters is 1. The molecule has 10 nitrogen and oxygen atoms in total. The number of rotatable bonds is 8. The number of fused-ring (bicyclic) bond motifs is 1. The number of nitrogens with zero attached hydrogens (tertiary/aromatic N) is 4. The number of methoxy groups -OCH3 is 1. The number of benzene rings is 2. The molecule has 12 heteroatoms. The van der Waals surface area contributed by atoms with Crippen molar-refractivity contribution in [2.24, 2.45) is 13.0 Å². The highest BCUT2D eigenvalue weighted by Crippen LogP contribution is 2.46. The fourth-order valence-electron chi connectivity index (χ4n) is 6.35. The number of aryl methyl sites for hydroxylation is 2. The molecule has 46 heavy (non-hydrogen) atoms. The molecule has 1 unspecified atom stereocenters. The Balaban J connectivity index is 1.31. The average Bonchev–Trinajstić information content (AvgIpc) is 3.43. The zero-order chi connectivity index (χ0) is 32.7. The first-order valence-corrected chi connectivity index (χ1v) is 15.4. The summed E-state index contributed by atoms with van der Waals surface area (Å²) in [6.07, 6.45) is 3.04. The first-order chi connectivity index (χ1) is 22.1.